The van der Waals surface area contributed by atoms with E-state index in [1.165, 1.54) is 0 Å². The molecule has 1 unspecified atom stereocenters. The van der Waals surface area contributed by atoms with Crippen molar-refractivity contribution in [2.24, 2.45) is 28.6 Å². The topological polar surface area (TPSA) is 80.7 Å². The molecule has 0 radical (unpaired) electrons. The van der Waals surface area contributed by atoms with Crippen molar-refractivity contribution < 1.29 is 24.2 Å². The van der Waals surface area contributed by atoms with E-state index in [-0.39, 0.29) is 47.0 Å². The van der Waals surface area contributed by atoms with E-state index < -0.39 is 22.5 Å². The molecule has 0 saturated heterocycles. The van der Waals surface area contributed by atoms with E-state index in [2.05, 4.69) is 28.9 Å². The minimum absolute atomic E-state index is 0.0316. The summed E-state index contributed by atoms with van der Waals surface area (Å²) in [6.07, 6.45) is 10.4. The summed E-state index contributed by atoms with van der Waals surface area (Å²) in [5, 5.41) is 11.5. The second kappa shape index (κ2) is 7.27. The number of aliphatic hydroxyl groups is 1. The quantitative estimate of drug-likeness (QED) is 0.494. The molecule has 0 aromatic rings. The number of hydrogen-bond donors (Lipinski definition) is 1. The highest BCUT2D eigenvalue weighted by atomic mass is 79.9. The predicted molar refractivity (Wildman–Crippen MR) is 116 cm³/mol. The van der Waals surface area contributed by atoms with Gasteiger partial charge in [0.05, 0.1) is 11.4 Å². The first-order chi connectivity index (χ1) is 14.1. The molecule has 2 saturated carbocycles. The van der Waals surface area contributed by atoms with Gasteiger partial charge in [-0.15, -0.1) is 0 Å². The van der Waals surface area contributed by atoms with Crippen LogP contribution in [0.3, 0.4) is 0 Å². The second-order valence-corrected chi connectivity index (χ2v) is 10.2. The van der Waals surface area contributed by atoms with Crippen LogP contribution in [0.15, 0.2) is 36.0 Å². The lowest BCUT2D eigenvalue weighted by Crippen LogP contribution is -2.62. The van der Waals surface area contributed by atoms with Crippen LogP contribution in [0.2, 0.25) is 0 Å². The van der Waals surface area contributed by atoms with Gasteiger partial charge in [0.15, 0.2) is 17.2 Å². The summed E-state index contributed by atoms with van der Waals surface area (Å²) in [6.45, 7) is 5.82. The Morgan fingerprint density at radius 3 is 2.70 bits per heavy atom. The fourth-order valence-corrected chi connectivity index (χ4v) is 7.28. The molecule has 0 aromatic heterocycles. The molecule has 0 bridgehead atoms. The molecule has 0 spiro atoms. The number of allylic oxidation sites excluding steroid dienone is 6. The maximum absolute atomic E-state index is 13.2. The zero-order valence-electron chi connectivity index (χ0n) is 17.7. The molecule has 4 aliphatic carbocycles. The molecule has 0 amide bonds. The monoisotopic (exact) mass is 476 g/mol. The van der Waals surface area contributed by atoms with Crippen molar-refractivity contribution >= 4 is 33.5 Å². The third kappa shape index (κ3) is 2.79. The van der Waals surface area contributed by atoms with Crippen molar-refractivity contribution in [3.05, 3.63) is 36.0 Å². The van der Waals surface area contributed by atoms with Gasteiger partial charge < -0.3 is 9.84 Å². The molecule has 4 aliphatic rings. The van der Waals surface area contributed by atoms with E-state index in [4.69, 9.17) is 4.74 Å². The third-order valence-corrected chi connectivity index (χ3v) is 8.84. The molecule has 0 aliphatic heterocycles. The van der Waals surface area contributed by atoms with Crippen LogP contribution < -0.4 is 0 Å². The average molecular weight is 477 g/mol. The number of esters is 1. The fourth-order valence-electron chi connectivity index (χ4n) is 6.83. The lowest BCUT2D eigenvalue weighted by molar-refractivity contribution is -0.193. The standard InChI is InChI=1S/C24H29BrO5/c1-4-20(29)30-24(19(28)13-25)10-8-17-16-6-5-14-11-15(26)7-9-22(14,2)21(16)18(27)12-23(17,24)3/h5-7,9,11,16-18,21,27H,4,8,10,12-13H2,1-3H3/t16-,17-,18?,21+,22-,23-,24-/m0/s1. The van der Waals surface area contributed by atoms with Crippen molar-refractivity contribution in [1.29, 1.82) is 0 Å². The Morgan fingerprint density at radius 2 is 2.03 bits per heavy atom. The Morgan fingerprint density at radius 1 is 1.30 bits per heavy atom. The molecule has 0 aromatic carbocycles. The molecule has 0 heterocycles. The summed E-state index contributed by atoms with van der Waals surface area (Å²) >= 11 is 3.29. The summed E-state index contributed by atoms with van der Waals surface area (Å²) in [7, 11) is 0. The van der Waals surface area contributed by atoms with E-state index in [0.29, 0.717) is 12.8 Å². The van der Waals surface area contributed by atoms with Crippen molar-refractivity contribution in [2.75, 3.05) is 5.33 Å². The van der Waals surface area contributed by atoms with Gasteiger partial charge in [-0.25, -0.2) is 0 Å². The van der Waals surface area contributed by atoms with Crippen molar-refractivity contribution in [1.82, 2.24) is 0 Å². The Balaban J connectivity index is 1.80. The number of carbonyl (C=O) groups excluding carboxylic acids is 3. The Kier molecular flexibility index (Phi) is 5.25. The number of rotatable bonds is 4. The van der Waals surface area contributed by atoms with Gasteiger partial charge in [0.2, 0.25) is 0 Å². The highest BCUT2D eigenvalue weighted by Gasteiger charge is 2.69. The molecule has 4 rings (SSSR count). The minimum Gasteiger partial charge on any atom is -0.450 e. The van der Waals surface area contributed by atoms with Gasteiger partial charge in [-0.1, -0.05) is 54.9 Å². The van der Waals surface area contributed by atoms with Crippen LogP contribution in [0.25, 0.3) is 0 Å². The van der Waals surface area contributed by atoms with Crippen molar-refractivity contribution in [2.45, 2.75) is 58.2 Å². The maximum atomic E-state index is 13.2. The highest BCUT2D eigenvalue weighted by Crippen LogP contribution is 2.66. The predicted octanol–water partition coefficient (Wildman–Crippen LogP) is 3.70. The second-order valence-electron chi connectivity index (χ2n) is 9.63. The number of hydrogen-bond acceptors (Lipinski definition) is 5. The van der Waals surface area contributed by atoms with Gasteiger partial charge in [0.1, 0.15) is 0 Å². The number of ketones is 2. The lowest BCUT2D eigenvalue weighted by Gasteiger charge is -2.58. The summed E-state index contributed by atoms with van der Waals surface area (Å²) in [6, 6.07) is 0. The smallest absolute Gasteiger partial charge is 0.306 e. The van der Waals surface area contributed by atoms with E-state index in [9.17, 15) is 19.5 Å². The molecule has 1 N–H and O–H groups in total. The molecular weight excluding hydrogens is 448 g/mol. The van der Waals surface area contributed by atoms with Gasteiger partial charge in [-0.3, -0.25) is 14.4 Å². The molecular formula is C24H29BrO5. The third-order valence-electron chi connectivity index (χ3n) is 8.33. The summed E-state index contributed by atoms with van der Waals surface area (Å²) in [4.78, 5) is 37.4. The minimum atomic E-state index is -1.22. The summed E-state index contributed by atoms with van der Waals surface area (Å²) in [5.41, 5.74) is -1.38. The van der Waals surface area contributed by atoms with E-state index in [1.54, 1.807) is 19.1 Å². The van der Waals surface area contributed by atoms with Gasteiger partial charge in [0, 0.05) is 23.2 Å². The molecule has 30 heavy (non-hydrogen) atoms. The number of halogens is 1. The SMILES string of the molecule is CCC(=O)O[C@]1(C(=O)CBr)CC[C@H]2[C@@H]3C=CC4=CC(=O)C=C[C@]4(C)[C@H]3C(O)C[C@@]21C. The maximum Gasteiger partial charge on any atom is 0.306 e. The highest BCUT2D eigenvalue weighted by molar-refractivity contribution is 9.09. The van der Waals surface area contributed by atoms with Crippen LogP contribution in [0.4, 0.5) is 0 Å². The first-order valence-electron chi connectivity index (χ1n) is 10.8. The van der Waals surface area contributed by atoms with Gasteiger partial charge in [-0.2, -0.15) is 0 Å². The first kappa shape index (κ1) is 21.7. The van der Waals surface area contributed by atoms with Crippen LogP contribution >= 0.6 is 15.9 Å². The van der Waals surface area contributed by atoms with Crippen LogP contribution in [0.5, 0.6) is 0 Å². The zero-order chi connectivity index (χ0) is 21.9. The van der Waals surface area contributed by atoms with E-state index in [0.717, 1.165) is 12.0 Å². The first-order valence-corrected chi connectivity index (χ1v) is 11.9. The number of ether oxygens (including phenoxy) is 1. The zero-order valence-corrected chi connectivity index (χ0v) is 19.3. The van der Waals surface area contributed by atoms with E-state index >= 15 is 0 Å². The van der Waals surface area contributed by atoms with Crippen LogP contribution in [0, 0.1) is 28.6 Å². The largest absolute Gasteiger partial charge is 0.450 e. The van der Waals surface area contributed by atoms with Gasteiger partial charge in [0.25, 0.3) is 0 Å². The number of Topliss-reactive ketones (excluding diaryl/α,β-unsaturated/α-hetero) is 1. The number of fused-ring (bicyclic) bond motifs is 5. The lowest BCUT2D eigenvalue weighted by atomic mass is 9.48. The summed E-state index contributed by atoms with van der Waals surface area (Å²) in [5.74, 6) is -0.506. The fraction of sp³-hybridized carbons (Fsp3) is 0.625. The molecule has 162 valence electrons. The van der Waals surface area contributed by atoms with Gasteiger partial charge in [-0.05, 0) is 48.8 Å². The van der Waals surface area contributed by atoms with E-state index in [1.807, 2.05) is 19.1 Å². The molecule has 2 fully saturated rings. The van der Waals surface area contributed by atoms with Crippen LogP contribution in [0.1, 0.15) is 46.5 Å². The van der Waals surface area contributed by atoms with Gasteiger partial charge >= 0.3 is 5.97 Å². The summed E-state index contributed by atoms with van der Waals surface area (Å²) < 4.78 is 5.92. The number of aliphatic hydroxyl groups excluding tert-OH is 1. The Bertz CT molecular complexity index is 888. The van der Waals surface area contributed by atoms with Crippen LogP contribution in [-0.4, -0.2) is 39.7 Å². The molecule has 7 atom stereocenters. The molecule has 6 heteroatoms. The Hall–Kier alpha value is -1.53. The van der Waals surface area contributed by atoms with Crippen LogP contribution in [-0.2, 0) is 19.1 Å². The Labute approximate surface area is 185 Å². The average Bonchev–Trinajstić information content (AvgIpc) is 3.00. The normalized spacial score (nSPS) is 44.0. The van der Waals surface area contributed by atoms with Crippen molar-refractivity contribution in [3.8, 4) is 0 Å². The number of carbonyl (C=O) groups is 3. The van der Waals surface area contributed by atoms with Crippen molar-refractivity contribution in [3.63, 3.8) is 0 Å². The number of alkyl halides is 1. The molecule has 5 nitrogen and oxygen atoms in total.